The number of rotatable bonds is 9. The lowest BCUT2D eigenvalue weighted by Crippen LogP contribution is -2.36. The van der Waals surface area contributed by atoms with Crippen LogP contribution in [0.15, 0.2) is 66.7 Å². The number of benzene rings is 3. The highest BCUT2D eigenvalue weighted by molar-refractivity contribution is 6.30. The van der Waals surface area contributed by atoms with Gasteiger partial charge < -0.3 is 19.5 Å². The number of carbonyl (C=O) groups excluding carboxylic acids is 1. The Morgan fingerprint density at radius 2 is 1.74 bits per heavy atom. The van der Waals surface area contributed by atoms with Crippen LogP contribution in [0.3, 0.4) is 0 Å². The van der Waals surface area contributed by atoms with Crippen molar-refractivity contribution in [3.63, 3.8) is 0 Å². The summed E-state index contributed by atoms with van der Waals surface area (Å²) in [6.45, 7) is 5.05. The van der Waals surface area contributed by atoms with Crippen molar-refractivity contribution in [1.82, 2.24) is 10.2 Å². The summed E-state index contributed by atoms with van der Waals surface area (Å²) in [6, 6.07) is 20.9. The van der Waals surface area contributed by atoms with E-state index in [0.29, 0.717) is 35.2 Å². The van der Waals surface area contributed by atoms with Gasteiger partial charge in [0.25, 0.3) is 5.91 Å². The molecule has 6 nitrogen and oxygen atoms in total. The number of nitrogens with zero attached hydrogens (tertiary/aromatic N) is 1. The first-order valence-electron chi connectivity index (χ1n) is 11.3. The Bertz CT molecular complexity index is 1100. The molecule has 3 aromatic carbocycles. The predicted octanol–water partition coefficient (Wildman–Crippen LogP) is 4.69. The molecule has 1 aliphatic rings. The van der Waals surface area contributed by atoms with Crippen LogP contribution in [-0.4, -0.2) is 44.2 Å². The fourth-order valence-electron chi connectivity index (χ4n) is 3.83. The van der Waals surface area contributed by atoms with E-state index in [0.717, 1.165) is 44.0 Å². The van der Waals surface area contributed by atoms with E-state index in [4.69, 9.17) is 25.8 Å². The molecule has 1 saturated heterocycles. The van der Waals surface area contributed by atoms with Gasteiger partial charge in [0, 0.05) is 36.8 Å². The molecule has 0 unspecified atom stereocenters. The van der Waals surface area contributed by atoms with E-state index < -0.39 is 0 Å². The normalized spacial score (nSPS) is 13.9. The van der Waals surface area contributed by atoms with Crippen molar-refractivity contribution in [3.8, 4) is 11.5 Å². The molecule has 0 radical (unpaired) electrons. The molecule has 3 aromatic rings. The van der Waals surface area contributed by atoms with Gasteiger partial charge in [-0.2, -0.15) is 0 Å². The highest BCUT2D eigenvalue weighted by atomic mass is 35.5. The number of ether oxygens (including phenoxy) is 3. The number of hydrogen-bond acceptors (Lipinski definition) is 5. The number of halogens is 1. The first kappa shape index (κ1) is 24.1. The van der Waals surface area contributed by atoms with Crippen LogP contribution in [0.1, 0.15) is 27.0 Å². The largest absolute Gasteiger partial charge is 0.493 e. The van der Waals surface area contributed by atoms with Gasteiger partial charge in [-0.3, -0.25) is 9.69 Å². The fraction of sp³-hybridized carbons (Fsp3) is 0.296. The molecule has 1 aliphatic heterocycles. The summed E-state index contributed by atoms with van der Waals surface area (Å²) >= 11 is 5.94. The van der Waals surface area contributed by atoms with E-state index in [2.05, 4.69) is 22.3 Å². The molecular weight excluding hydrogens is 452 g/mol. The molecular formula is C27H29ClN2O4. The number of carbonyl (C=O) groups is 1. The highest BCUT2D eigenvalue weighted by Crippen LogP contribution is 2.29. The van der Waals surface area contributed by atoms with Gasteiger partial charge >= 0.3 is 0 Å². The van der Waals surface area contributed by atoms with E-state index in [1.165, 1.54) is 5.56 Å². The minimum absolute atomic E-state index is 0.163. The van der Waals surface area contributed by atoms with Crippen LogP contribution >= 0.6 is 11.6 Å². The first-order valence-corrected chi connectivity index (χ1v) is 11.7. The lowest BCUT2D eigenvalue weighted by molar-refractivity contribution is 0.0340. The van der Waals surface area contributed by atoms with Crippen LogP contribution in [0.4, 0.5) is 0 Å². The minimum Gasteiger partial charge on any atom is -0.493 e. The summed E-state index contributed by atoms with van der Waals surface area (Å²) in [7, 11) is 1.56. The summed E-state index contributed by atoms with van der Waals surface area (Å²) in [5, 5.41) is 3.72. The zero-order valence-electron chi connectivity index (χ0n) is 19.3. The van der Waals surface area contributed by atoms with E-state index in [-0.39, 0.29) is 5.91 Å². The standard InChI is InChI=1S/C27H29ClN2O4/c1-32-26-16-21(8-11-25(26)34-19-20-6-9-24(28)10-7-20)27(31)29-17-22-4-2-3-5-23(22)18-30-12-14-33-15-13-30/h2-11,16H,12-15,17-19H2,1H3,(H,29,31). The second-order valence-electron chi connectivity index (χ2n) is 8.12. The number of methoxy groups -OCH3 is 1. The molecule has 1 amide bonds. The Morgan fingerprint density at radius 1 is 1.00 bits per heavy atom. The second kappa shape index (κ2) is 11.9. The molecule has 1 fully saturated rings. The summed E-state index contributed by atoms with van der Waals surface area (Å²) in [6.07, 6.45) is 0. The molecule has 34 heavy (non-hydrogen) atoms. The van der Waals surface area contributed by atoms with Gasteiger partial charge in [-0.05, 0) is 47.0 Å². The molecule has 1 heterocycles. The molecule has 0 atom stereocenters. The molecule has 0 aromatic heterocycles. The summed E-state index contributed by atoms with van der Waals surface area (Å²) in [5.74, 6) is 0.919. The molecule has 0 aliphatic carbocycles. The zero-order chi connectivity index (χ0) is 23.8. The van der Waals surface area contributed by atoms with Crippen LogP contribution in [0.25, 0.3) is 0 Å². The van der Waals surface area contributed by atoms with Crippen molar-refractivity contribution in [2.75, 3.05) is 33.4 Å². The monoisotopic (exact) mass is 480 g/mol. The average molecular weight is 481 g/mol. The molecule has 0 spiro atoms. The maximum absolute atomic E-state index is 12.9. The Balaban J connectivity index is 1.37. The van der Waals surface area contributed by atoms with Gasteiger partial charge in [-0.15, -0.1) is 0 Å². The Morgan fingerprint density at radius 3 is 2.47 bits per heavy atom. The van der Waals surface area contributed by atoms with Gasteiger partial charge in [-0.25, -0.2) is 0 Å². The predicted molar refractivity (Wildman–Crippen MR) is 132 cm³/mol. The Kier molecular flexibility index (Phi) is 8.41. The zero-order valence-corrected chi connectivity index (χ0v) is 20.0. The third kappa shape index (κ3) is 6.50. The lowest BCUT2D eigenvalue weighted by Gasteiger charge is -2.27. The SMILES string of the molecule is COc1cc(C(=O)NCc2ccccc2CN2CCOCC2)ccc1OCc1ccc(Cl)cc1. The second-order valence-corrected chi connectivity index (χ2v) is 8.56. The molecule has 1 N–H and O–H groups in total. The van der Waals surface area contributed by atoms with Crippen LogP contribution in [0, 0.1) is 0 Å². The van der Waals surface area contributed by atoms with E-state index in [1.54, 1.807) is 25.3 Å². The minimum atomic E-state index is -0.163. The molecule has 4 rings (SSSR count). The number of amides is 1. The van der Waals surface area contributed by atoms with Crippen molar-refractivity contribution in [2.24, 2.45) is 0 Å². The van der Waals surface area contributed by atoms with Gasteiger partial charge in [0.1, 0.15) is 6.61 Å². The molecule has 178 valence electrons. The lowest BCUT2D eigenvalue weighted by atomic mass is 10.1. The Hall–Kier alpha value is -3.06. The molecule has 0 bridgehead atoms. The average Bonchev–Trinajstić information content (AvgIpc) is 2.88. The number of hydrogen-bond donors (Lipinski definition) is 1. The van der Waals surface area contributed by atoms with Crippen LogP contribution in [0.5, 0.6) is 11.5 Å². The quantitative estimate of drug-likeness (QED) is 0.481. The smallest absolute Gasteiger partial charge is 0.251 e. The third-order valence-corrected chi connectivity index (χ3v) is 6.04. The number of morpholine rings is 1. The topological polar surface area (TPSA) is 60.0 Å². The van der Waals surface area contributed by atoms with Gasteiger partial charge in [0.05, 0.1) is 20.3 Å². The van der Waals surface area contributed by atoms with Crippen LogP contribution in [-0.2, 0) is 24.4 Å². The van der Waals surface area contributed by atoms with Crippen molar-refractivity contribution in [1.29, 1.82) is 0 Å². The maximum atomic E-state index is 12.9. The fourth-order valence-corrected chi connectivity index (χ4v) is 3.96. The summed E-state index contributed by atoms with van der Waals surface area (Å²) in [5.41, 5.74) is 3.83. The van der Waals surface area contributed by atoms with Gasteiger partial charge in [0.2, 0.25) is 0 Å². The van der Waals surface area contributed by atoms with E-state index in [1.807, 2.05) is 36.4 Å². The van der Waals surface area contributed by atoms with Gasteiger partial charge in [-0.1, -0.05) is 48.0 Å². The Labute approximate surface area is 205 Å². The van der Waals surface area contributed by atoms with Crippen molar-refractivity contribution < 1.29 is 19.0 Å². The maximum Gasteiger partial charge on any atom is 0.251 e. The highest BCUT2D eigenvalue weighted by Gasteiger charge is 2.15. The third-order valence-electron chi connectivity index (χ3n) is 5.79. The van der Waals surface area contributed by atoms with Gasteiger partial charge in [0.15, 0.2) is 11.5 Å². The molecule has 0 saturated carbocycles. The van der Waals surface area contributed by atoms with Crippen molar-refractivity contribution in [3.05, 3.63) is 94.0 Å². The summed E-state index contributed by atoms with van der Waals surface area (Å²) in [4.78, 5) is 15.2. The number of nitrogens with one attached hydrogen (secondary N) is 1. The van der Waals surface area contributed by atoms with E-state index in [9.17, 15) is 4.79 Å². The first-order chi connectivity index (χ1) is 16.6. The molecule has 7 heteroatoms. The van der Waals surface area contributed by atoms with Crippen molar-refractivity contribution >= 4 is 17.5 Å². The van der Waals surface area contributed by atoms with Crippen molar-refractivity contribution in [2.45, 2.75) is 19.7 Å². The van der Waals surface area contributed by atoms with Crippen LogP contribution in [0.2, 0.25) is 5.02 Å². The summed E-state index contributed by atoms with van der Waals surface area (Å²) < 4.78 is 16.8. The van der Waals surface area contributed by atoms with E-state index >= 15 is 0 Å². The van der Waals surface area contributed by atoms with Crippen LogP contribution < -0.4 is 14.8 Å².